The van der Waals surface area contributed by atoms with Crippen molar-refractivity contribution in [3.05, 3.63) is 22.4 Å². The molecular formula is C19H34IN5OS. The summed E-state index contributed by atoms with van der Waals surface area (Å²) in [6, 6.07) is 4.36. The van der Waals surface area contributed by atoms with Crippen LogP contribution in [0.1, 0.15) is 24.1 Å². The number of halogens is 1. The highest BCUT2D eigenvalue weighted by Gasteiger charge is 2.20. The van der Waals surface area contributed by atoms with E-state index in [0.717, 1.165) is 65.4 Å². The number of rotatable bonds is 8. The monoisotopic (exact) mass is 507 g/mol. The lowest BCUT2D eigenvalue weighted by molar-refractivity contribution is 0.0376. The Morgan fingerprint density at radius 2 is 2.15 bits per heavy atom. The van der Waals surface area contributed by atoms with Crippen LogP contribution in [-0.2, 0) is 11.3 Å². The maximum Gasteiger partial charge on any atom is 0.188 e. The molecule has 1 aromatic heterocycles. The first-order valence-corrected chi connectivity index (χ1v) is 10.8. The van der Waals surface area contributed by atoms with Crippen molar-refractivity contribution in [2.45, 2.75) is 25.8 Å². The zero-order chi connectivity index (χ0) is 18.0. The molecule has 27 heavy (non-hydrogen) atoms. The van der Waals surface area contributed by atoms with Gasteiger partial charge in [0.1, 0.15) is 0 Å². The number of piperidine rings is 1. The summed E-state index contributed by atoms with van der Waals surface area (Å²) in [6.07, 6.45) is 3.61. The Labute approximate surface area is 184 Å². The number of nitrogens with two attached hydrogens (primary N) is 1. The summed E-state index contributed by atoms with van der Waals surface area (Å²) in [5.74, 6) is 1.22. The highest BCUT2D eigenvalue weighted by atomic mass is 127. The smallest absolute Gasteiger partial charge is 0.188 e. The molecule has 0 bridgehead atoms. The Hall–Kier alpha value is -0.420. The lowest BCUT2D eigenvalue weighted by Crippen LogP contribution is -2.39. The van der Waals surface area contributed by atoms with Crippen molar-refractivity contribution in [2.24, 2.45) is 16.6 Å². The van der Waals surface area contributed by atoms with Crippen LogP contribution in [-0.4, -0.2) is 74.8 Å². The second kappa shape index (κ2) is 12.9. The van der Waals surface area contributed by atoms with E-state index in [1.165, 1.54) is 24.3 Å². The molecular weight excluding hydrogens is 473 g/mol. The second-order valence-electron chi connectivity index (χ2n) is 7.28. The number of morpholine rings is 1. The minimum absolute atomic E-state index is 0. The van der Waals surface area contributed by atoms with Gasteiger partial charge < -0.3 is 15.8 Å². The fraction of sp³-hybridized carbons (Fsp3) is 0.737. The lowest BCUT2D eigenvalue weighted by Gasteiger charge is -2.31. The molecule has 0 aliphatic carbocycles. The lowest BCUT2D eigenvalue weighted by atomic mass is 9.98. The predicted octanol–water partition coefficient (Wildman–Crippen LogP) is 2.20. The molecule has 1 atom stereocenters. The number of thiophene rings is 1. The maximum atomic E-state index is 6.05. The van der Waals surface area contributed by atoms with Crippen LogP contribution in [0.3, 0.4) is 0 Å². The third kappa shape index (κ3) is 8.64. The SMILES string of the molecule is I.NC(=NCC1CCCN(Cc2cccs2)C1)NCCCN1CCOCC1. The number of nitrogens with one attached hydrogen (secondary N) is 1. The van der Waals surface area contributed by atoms with Crippen LogP contribution in [0.15, 0.2) is 22.5 Å². The van der Waals surface area contributed by atoms with Gasteiger partial charge in [0.05, 0.1) is 13.2 Å². The average molecular weight is 507 g/mol. The molecule has 0 spiro atoms. The van der Waals surface area contributed by atoms with E-state index in [9.17, 15) is 0 Å². The summed E-state index contributed by atoms with van der Waals surface area (Å²) in [6.45, 7) is 10.1. The number of likely N-dealkylation sites (tertiary alicyclic amines) is 1. The number of aliphatic imine (C=N–C) groups is 1. The van der Waals surface area contributed by atoms with Crippen molar-refractivity contribution < 1.29 is 4.74 Å². The minimum atomic E-state index is 0. The van der Waals surface area contributed by atoms with Crippen LogP contribution in [0.4, 0.5) is 0 Å². The van der Waals surface area contributed by atoms with E-state index in [2.05, 4.69) is 37.6 Å². The fourth-order valence-corrected chi connectivity index (χ4v) is 4.44. The van der Waals surface area contributed by atoms with Gasteiger partial charge in [-0.05, 0) is 49.7 Å². The summed E-state index contributed by atoms with van der Waals surface area (Å²) in [4.78, 5) is 11.0. The van der Waals surface area contributed by atoms with Gasteiger partial charge in [0.15, 0.2) is 5.96 Å². The molecule has 2 aliphatic heterocycles. The van der Waals surface area contributed by atoms with Crippen molar-refractivity contribution in [3.8, 4) is 0 Å². The van der Waals surface area contributed by atoms with Gasteiger partial charge >= 0.3 is 0 Å². The van der Waals surface area contributed by atoms with E-state index < -0.39 is 0 Å². The Bertz CT molecular complexity index is 536. The molecule has 154 valence electrons. The third-order valence-electron chi connectivity index (χ3n) is 5.14. The van der Waals surface area contributed by atoms with Gasteiger partial charge in [0.2, 0.25) is 0 Å². The molecule has 6 nitrogen and oxygen atoms in total. The normalized spacial score (nSPS) is 22.4. The van der Waals surface area contributed by atoms with Gasteiger partial charge in [-0.1, -0.05) is 6.07 Å². The summed E-state index contributed by atoms with van der Waals surface area (Å²) in [5, 5.41) is 5.43. The Morgan fingerprint density at radius 3 is 2.93 bits per heavy atom. The van der Waals surface area contributed by atoms with Crippen LogP contribution < -0.4 is 11.1 Å². The first-order valence-electron chi connectivity index (χ1n) is 9.88. The van der Waals surface area contributed by atoms with Gasteiger partial charge in [0.25, 0.3) is 0 Å². The first-order chi connectivity index (χ1) is 12.8. The molecule has 1 unspecified atom stereocenters. The molecule has 0 aromatic carbocycles. The molecule has 2 fully saturated rings. The highest BCUT2D eigenvalue weighted by Crippen LogP contribution is 2.20. The number of guanidine groups is 1. The van der Waals surface area contributed by atoms with E-state index in [-0.39, 0.29) is 24.0 Å². The van der Waals surface area contributed by atoms with Crippen molar-refractivity contribution in [3.63, 3.8) is 0 Å². The van der Waals surface area contributed by atoms with E-state index in [1.807, 2.05) is 11.3 Å². The van der Waals surface area contributed by atoms with E-state index in [0.29, 0.717) is 11.9 Å². The number of hydrogen-bond donors (Lipinski definition) is 2. The molecule has 3 N–H and O–H groups in total. The van der Waals surface area contributed by atoms with Gasteiger partial charge in [-0.2, -0.15) is 0 Å². The van der Waals surface area contributed by atoms with Crippen LogP contribution in [0.2, 0.25) is 0 Å². The van der Waals surface area contributed by atoms with Gasteiger partial charge in [-0.3, -0.25) is 14.8 Å². The van der Waals surface area contributed by atoms with E-state index in [4.69, 9.17) is 10.5 Å². The summed E-state index contributed by atoms with van der Waals surface area (Å²) >= 11 is 1.85. The fourth-order valence-electron chi connectivity index (χ4n) is 3.69. The quantitative estimate of drug-likeness (QED) is 0.245. The average Bonchev–Trinajstić information content (AvgIpc) is 3.18. The van der Waals surface area contributed by atoms with Crippen molar-refractivity contribution in [1.29, 1.82) is 0 Å². The van der Waals surface area contributed by atoms with Crippen molar-refractivity contribution >= 4 is 41.3 Å². The predicted molar refractivity (Wildman–Crippen MR) is 124 cm³/mol. The summed E-state index contributed by atoms with van der Waals surface area (Å²) < 4.78 is 5.37. The molecule has 0 radical (unpaired) electrons. The molecule has 2 aliphatic rings. The zero-order valence-corrected chi connectivity index (χ0v) is 19.3. The second-order valence-corrected chi connectivity index (χ2v) is 8.32. The van der Waals surface area contributed by atoms with Gasteiger partial charge in [-0.25, -0.2) is 0 Å². The van der Waals surface area contributed by atoms with E-state index >= 15 is 0 Å². The standard InChI is InChI=1S/C19H33N5OS.HI/c20-19(21-6-3-8-23-9-11-25-12-10-23)22-14-17-4-1-7-24(15-17)16-18-5-2-13-26-18;/h2,5,13,17H,1,3-4,6-12,14-16H2,(H3,20,21,22);1H. The minimum Gasteiger partial charge on any atom is -0.379 e. The molecule has 2 saturated heterocycles. The van der Waals surface area contributed by atoms with Crippen LogP contribution in [0.5, 0.6) is 0 Å². The Morgan fingerprint density at radius 1 is 1.30 bits per heavy atom. The maximum absolute atomic E-state index is 6.05. The summed E-state index contributed by atoms with van der Waals surface area (Å²) in [5.41, 5.74) is 6.05. The van der Waals surface area contributed by atoms with E-state index in [1.54, 1.807) is 0 Å². The number of ether oxygens (including phenoxy) is 1. The first kappa shape index (κ1) is 22.9. The highest BCUT2D eigenvalue weighted by molar-refractivity contribution is 14.0. The van der Waals surface area contributed by atoms with Crippen LogP contribution in [0.25, 0.3) is 0 Å². The molecule has 0 amide bonds. The molecule has 1 aromatic rings. The molecule has 0 saturated carbocycles. The van der Waals surface area contributed by atoms with Gasteiger partial charge in [-0.15, -0.1) is 35.3 Å². The number of hydrogen-bond acceptors (Lipinski definition) is 5. The topological polar surface area (TPSA) is 66.1 Å². The van der Waals surface area contributed by atoms with Crippen molar-refractivity contribution in [1.82, 2.24) is 15.1 Å². The largest absolute Gasteiger partial charge is 0.379 e. The molecule has 8 heteroatoms. The van der Waals surface area contributed by atoms with Gasteiger partial charge in [0, 0.05) is 44.1 Å². The van der Waals surface area contributed by atoms with Crippen LogP contribution in [0, 0.1) is 5.92 Å². The molecule has 3 heterocycles. The van der Waals surface area contributed by atoms with Crippen molar-refractivity contribution in [2.75, 3.05) is 59.0 Å². The number of nitrogens with zero attached hydrogens (tertiary/aromatic N) is 3. The Balaban J connectivity index is 0.00000261. The Kier molecular flexibility index (Phi) is 10.9. The molecule has 3 rings (SSSR count). The van der Waals surface area contributed by atoms with Crippen LogP contribution >= 0.6 is 35.3 Å². The third-order valence-corrected chi connectivity index (χ3v) is 6.00. The summed E-state index contributed by atoms with van der Waals surface area (Å²) in [7, 11) is 0. The zero-order valence-electron chi connectivity index (χ0n) is 16.1.